The number of benzene rings is 1. The molecule has 0 saturated carbocycles. The van der Waals surface area contributed by atoms with E-state index in [1.165, 1.54) is 0 Å². The van der Waals surface area contributed by atoms with E-state index >= 15 is 0 Å². The number of nitrogens with one attached hydrogen (secondary N) is 4. The monoisotopic (exact) mass is 535 g/mol. The first-order chi connectivity index (χ1) is 17.5. The van der Waals surface area contributed by atoms with Crippen LogP contribution in [0.3, 0.4) is 0 Å². The molecule has 8 N–H and O–H groups in total. The highest BCUT2D eigenvalue weighted by Crippen LogP contribution is 2.19. The van der Waals surface area contributed by atoms with Gasteiger partial charge in [-0.2, -0.15) is 12.6 Å². The summed E-state index contributed by atoms with van der Waals surface area (Å²) < 4.78 is 0. The van der Waals surface area contributed by atoms with E-state index < -0.39 is 66.2 Å². The van der Waals surface area contributed by atoms with Crippen molar-refractivity contribution < 1.29 is 34.2 Å². The molecule has 12 nitrogen and oxygen atoms in total. The van der Waals surface area contributed by atoms with Gasteiger partial charge in [-0.05, 0) is 17.5 Å². The molecule has 3 amide bonds. The number of nitrogens with two attached hydrogens (primary N) is 1. The van der Waals surface area contributed by atoms with Gasteiger partial charge in [-0.15, -0.1) is 0 Å². The molecule has 1 aromatic heterocycles. The number of rotatable bonds is 14. The van der Waals surface area contributed by atoms with Gasteiger partial charge >= 0.3 is 11.9 Å². The molecule has 5 unspecified atom stereocenters. The van der Waals surface area contributed by atoms with Crippen LogP contribution < -0.4 is 21.7 Å². The molecule has 0 saturated heterocycles. The molecule has 1 heterocycles. The van der Waals surface area contributed by atoms with Crippen LogP contribution in [0.25, 0.3) is 10.9 Å². The van der Waals surface area contributed by atoms with Crippen LogP contribution in [0.5, 0.6) is 0 Å². The number of thiol groups is 1. The average Bonchev–Trinajstić information content (AvgIpc) is 3.27. The number of hydrogen-bond donors (Lipinski definition) is 8. The fraction of sp³-hybridized carbons (Fsp3) is 0.458. The maximum atomic E-state index is 13.3. The number of carbonyl (C=O) groups is 5. The van der Waals surface area contributed by atoms with Crippen LogP contribution in [-0.2, 0) is 30.4 Å². The van der Waals surface area contributed by atoms with Crippen molar-refractivity contribution in [1.82, 2.24) is 20.9 Å². The van der Waals surface area contributed by atoms with E-state index in [0.717, 1.165) is 10.9 Å². The maximum absolute atomic E-state index is 13.3. The largest absolute Gasteiger partial charge is 0.481 e. The quantitative estimate of drug-likeness (QED) is 0.155. The lowest BCUT2D eigenvalue weighted by molar-refractivity contribution is -0.144. The van der Waals surface area contributed by atoms with Gasteiger partial charge in [-0.3, -0.25) is 19.2 Å². The second kappa shape index (κ2) is 13.7. The van der Waals surface area contributed by atoms with Crippen LogP contribution in [0.15, 0.2) is 30.5 Å². The molecular weight excluding hydrogens is 502 g/mol. The topological polar surface area (TPSA) is 204 Å². The van der Waals surface area contributed by atoms with E-state index in [9.17, 15) is 34.2 Å². The summed E-state index contributed by atoms with van der Waals surface area (Å²) in [5, 5.41) is 26.8. The highest BCUT2D eigenvalue weighted by molar-refractivity contribution is 7.80. The molecule has 1 aromatic carbocycles. The van der Waals surface area contributed by atoms with Crippen molar-refractivity contribution in [3.8, 4) is 0 Å². The normalized spacial score (nSPS) is 15.1. The number of aromatic amines is 1. The number of carbonyl (C=O) groups excluding carboxylic acids is 3. The number of hydrogen-bond acceptors (Lipinski definition) is 7. The second-order valence-corrected chi connectivity index (χ2v) is 9.15. The molecule has 0 radical (unpaired) electrons. The summed E-state index contributed by atoms with van der Waals surface area (Å²) in [5.41, 5.74) is 7.25. The van der Waals surface area contributed by atoms with Crippen molar-refractivity contribution in [3.63, 3.8) is 0 Å². The van der Waals surface area contributed by atoms with E-state index in [0.29, 0.717) is 12.0 Å². The number of para-hydroxylation sites is 1. The summed E-state index contributed by atoms with van der Waals surface area (Å²) >= 11 is 4.00. The number of H-pyrrole nitrogens is 1. The van der Waals surface area contributed by atoms with Gasteiger partial charge in [0.25, 0.3) is 0 Å². The Morgan fingerprint density at radius 3 is 2.22 bits per heavy atom. The predicted octanol–water partition coefficient (Wildman–Crippen LogP) is 0.0273. The van der Waals surface area contributed by atoms with Crippen LogP contribution >= 0.6 is 12.6 Å². The Morgan fingerprint density at radius 1 is 1.00 bits per heavy atom. The van der Waals surface area contributed by atoms with Crippen molar-refractivity contribution in [2.75, 3.05) is 5.75 Å². The Kier molecular flexibility index (Phi) is 10.9. The van der Waals surface area contributed by atoms with Crippen molar-refractivity contribution in [2.24, 2.45) is 11.7 Å². The third kappa shape index (κ3) is 8.22. The highest BCUT2D eigenvalue weighted by Gasteiger charge is 2.33. The highest BCUT2D eigenvalue weighted by atomic mass is 32.1. The standard InChI is InChI=1S/C24H33N5O7S/c1-3-12(2)20(24(35)36)29-23(34)18(9-19(30)31)28-22(33)17(27-21(32)15(25)11-37)8-13-10-26-16-7-5-4-6-14(13)16/h4-7,10,12,15,17-18,20,26,37H,3,8-9,11,25H2,1-2H3,(H,27,32)(H,28,33)(H,29,34)(H,30,31)(H,35,36). The fourth-order valence-electron chi connectivity index (χ4n) is 3.68. The molecule has 0 aliphatic heterocycles. The summed E-state index contributed by atoms with van der Waals surface area (Å²) in [5.74, 6) is -5.55. The number of fused-ring (bicyclic) bond motifs is 1. The minimum absolute atomic E-state index is 0.00685. The Morgan fingerprint density at radius 2 is 1.62 bits per heavy atom. The molecular formula is C24H33N5O7S. The molecule has 2 rings (SSSR count). The van der Waals surface area contributed by atoms with Crippen LogP contribution in [0, 0.1) is 5.92 Å². The average molecular weight is 536 g/mol. The van der Waals surface area contributed by atoms with E-state index in [-0.39, 0.29) is 12.2 Å². The number of aromatic nitrogens is 1. The van der Waals surface area contributed by atoms with Crippen molar-refractivity contribution in [3.05, 3.63) is 36.0 Å². The molecule has 0 bridgehead atoms. The molecule has 0 fully saturated rings. The Balaban J connectivity index is 2.30. The smallest absolute Gasteiger partial charge is 0.326 e. The number of aliphatic carboxylic acids is 2. The summed E-state index contributed by atoms with van der Waals surface area (Å²) in [7, 11) is 0. The minimum atomic E-state index is -1.59. The second-order valence-electron chi connectivity index (χ2n) is 8.78. The van der Waals surface area contributed by atoms with Gasteiger partial charge in [-0.25, -0.2) is 4.79 Å². The Hall–Kier alpha value is -3.58. The zero-order valence-electron chi connectivity index (χ0n) is 20.6. The van der Waals surface area contributed by atoms with Gasteiger partial charge in [0.1, 0.15) is 18.1 Å². The minimum Gasteiger partial charge on any atom is -0.481 e. The molecule has 0 aliphatic rings. The van der Waals surface area contributed by atoms with E-state index in [1.54, 1.807) is 20.0 Å². The summed E-state index contributed by atoms with van der Waals surface area (Å²) in [4.78, 5) is 64.8. The van der Waals surface area contributed by atoms with Crippen LogP contribution in [0.4, 0.5) is 0 Å². The summed E-state index contributed by atoms with van der Waals surface area (Å²) in [6.07, 6.45) is 1.33. The van der Waals surface area contributed by atoms with Crippen molar-refractivity contribution in [1.29, 1.82) is 0 Å². The number of amides is 3. The molecule has 37 heavy (non-hydrogen) atoms. The lowest BCUT2D eigenvalue weighted by Gasteiger charge is -2.26. The zero-order chi connectivity index (χ0) is 27.7. The predicted molar refractivity (Wildman–Crippen MR) is 139 cm³/mol. The summed E-state index contributed by atoms with van der Waals surface area (Å²) in [6, 6.07) is 2.23. The van der Waals surface area contributed by atoms with Crippen LogP contribution in [0.1, 0.15) is 32.3 Å². The molecule has 2 aromatic rings. The van der Waals surface area contributed by atoms with E-state index in [4.69, 9.17) is 5.73 Å². The van der Waals surface area contributed by atoms with Crippen LogP contribution in [-0.4, -0.2) is 74.8 Å². The Bertz CT molecular complexity index is 1140. The molecule has 0 spiro atoms. The van der Waals surface area contributed by atoms with Crippen LogP contribution in [0.2, 0.25) is 0 Å². The molecule has 5 atom stereocenters. The first-order valence-electron chi connectivity index (χ1n) is 11.8. The van der Waals surface area contributed by atoms with Gasteiger partial charge in [0.05, 0.1) is 12.5 Å². The third-order valence-corrected chi connectivity index (χ3v) is 6.45. The SMILES string of the molecule is CCC(C)C(NC(=O)C(CC(=O)O)NC(=O)C(Cc1c[nH]c2ccccc12)NC(=O)C(N)CS)C(=O)O. The first-order valence-corrected chi connectivity index (χ1v) is 12.4. The fourth-order valence-corrected chi connectivity index (χ4v) is 3.85. The van der Waals surface area contributed by atoms with Gasteiger partial charge in [0.15, 0.2) is 0 Å². The van der Waals surface area contributed by atoms with Gasteiger partial charge in [-0.1, -0.05) is 38.5 Å². The molecule has 0 aliphatic carbocycles. The third-order valence-electron chi connectivity index (χ3n) is 6.05. The number of carboxylic acids is 2. The number of carboxylic acid groups (broad SMARTS) is 2. The Labute approximate surface area is 219 Å². The van der Waals surface area contributed by atoms with Crippen molar-refractivity contribution in [2.45, 2.75) is 57.3 Å². The summed E-state index contributed by atoms with van der Waals surface area (Å²) in [6.45, 7) is 3.37. The van der Waals surface area contributed by atoms with E-state index in [2.05, 4.69) is 33.6 Å². The molecule has 13 heteroatoms. The maximum Gasteiger partial charge on any atom is 0.326 e. The van der Waals surface area contributed by atoms with Gasteiger partial charge in [0.2, 0.25) is 17.7 Å². The van der Waals surface area contributed by atoms with E-state index in [1.807, 2.05) is 24.3 Å². The zero-order valence-corrected chi connectivity index (χ0v) is 21.5. The first kappa shape index (κ1) is 29.6. The van der Waals surface area contributed by atoms with Gasteiger partial charge in [0, 0.05) is 29.3 Å². The van der Waals surface area contributed by atoms with Crippen molar-refractivity contribution >= 4 is 53.2 Å². The molecule has 202 valence electrons. The lowest BCUT2D eigenvalue weighted by atomic mass is 9.98. The lowest BCUT2D eigenvalue weighted by Crippen LogP contribution is -2.58. The van der Waals surface area contributed by atoms with Gasteiger partial charge < -0.3 is 36.9 Å².